The molecule has 59 heavy (non-hydrogen) atoms. The summed E-state index contributed by atoms with van der Waals surface area (Å²) >= 11 is 0. The fourth-order valence-electron chi connectivity index (χ4n) is 5.82. The average Bonchev–Trinajstić information content (AvgIpc) is 3.23. The van der Waals surface area contributed by atoms with Crippen LogP contribution in [0.1, 0.15) is 174 Å². The number of hydrogen-bond acceptors (Lipinski definition) is 8. The van der Waals surface area contributed by atoms with Gasteiger partial charge in [-0.1, -0.05) is 163 Å². The van der Waals surface area contributed by atoms with E-state index in [1.807, 2.05) is 0 Å². The van der Waals surface area contributed by atoms with Crippen LogP contribution in [-0.4, -0.2) is 66.3 Å². The monoisotopic (exact) mass is 849 g/mol. The number of phosphoric ester groups is 1. The first-order valence-electron chi connectivity index (χ1n) is 23.1. The minimum absolute atomic E-state index is 0.0283. The van der Waals surface area contributed by atoms with Gasteiger partial charge in [0.15, 0.2) is 0 Å². The Bertz CT molecular complexity index is 1190. The maximum atomic E-state index is 12.6. The summed E-state index contributed by atoms with van der Waals surface area (Å²) in [5.41, 5.74) is 0. The molecule has 0 aromatic carbocycles. The number of aliphatic hydroxyl groups is 2. The van der Waals surface area contributed by atoms with Gasteiger partial charge >= 0.3 is 13.8 Å². The van der Waals surface area contributed by atoms with E-state index in [1.165, 1.54) is 51.4 Å². The van der Waals surface area contributed by atoms with Gasteiger partial charge in [0.1, 0.15) is 12.2 Å². The van der Waals surface area contributed by atoms with E-state index in [4.69, 9.17) is 23.6 Å². The fourth-order valence-corrected chi connectivity index (χ4v) is 6.61. The van der Waals surface area contributed by atoms with Crippen LogP contribution in [0.3, 0.4) is 0 Å². The summed E-state index contributed by atoms with van der Waals surface area (Å²) in [5.74, 6) is -0.405. The van der Waals surface area contributed by atoms with Crippen molar-refractivity contribution in [2.24, 2.45) is 0 Å². The third kappa shape index (κ3) is 45.0. The zero-order valence-electron chi connectivity index (χ0n) is 37.2. The Hall–Kier alpha value is -2.36. The summed E-state index contributed by atoms with van der Waals surface area (Å²) < 4.78 is 33.4. The summed E-state index contributed by atoms with van der Waals surface area (Å²) in [4.78, 5) is 22.6. The molecule has 3 N–H and O–H groups in total. The summed E-state index contributed by atoms with van der Waals surface area (Å²) in [6.45, 7) is 3.32. The topological polar surface area (TPSA) is 132 Å². The molecule has 340 valence electrons. The second-order valence-corrected chi connectivity index (χ2v) is 16.5. The van der Waals surface area contributed by atoms with Crippen LogP contribution in [0.15, 0.2) is 85.1 Å². The molecular weight excluding hydrogens is 764 g/mol. The van der Waals surface area contributed by atoms with E-state index in [2.05, 4.69) is 98.9 Å². The van der Waals surface area contributed by atoms with Crippen molar-refractivity contribution in [1.82, 2.24) is 0 Å². The van der Waals surface area contributed by atoms with Gasteiger partial charge < -0.3 is 24.6 Å². The smallest absolute Gasteiger partial charge is 0.457 e. The highest BCUT2D eigenvalue weighted by molar-refractivity contribution is 7.47. The van der Waals surface area contributed by atoms with Crippen LogP contribution in [0, 0.1) is 0 Å². The number of hydrogen-bond donors (Lipinski definition) is 3. The molecule has 0 aliphatic rings. The average molecular weight is 849 g/mol. The van der Waals surface area contributed by atoms with Crippen molar-refractivity contribution in [3.05, 3.63) is 85.1 Å². The molecule has 0 aliphatic heterocycles. The molecule has 0 aliphatic carbocycles. The van der Waals surface area contributed by atoms with Gasteiger partial charge in [0.25, 0.3) is 0 Å². The number of phosphoric acid groups is 1. The molecule has 0 aromatic rings. The van der Waals surface area contributed by atoms with Crippen molar-refractivity contribution in [1.29, 1.82) is 0 Å². The molecule has 3 unspecified atom stereocenters. The molecule has 9 nitrogen and oxygen atoms in total. The predicted molar refractivity (Wildman–Crippen MR) is 246 cm³/mol. The van der Waals surface area contributed by atoms with E-state index in [0.29, 0.717) is 13.0 Å². The van der Waals surface area contributed by atoms with Crippen LogP contribution >= 0.6 is 7.82 Å². The van der Waals surface area contributed by atoms with E-state index in [9.17, 15) is 19.4 Å². The van der Waals surface area contributed by atoms with Crippen molar-refractivity contribution in [2.75, 3.05) is 33.0 Å². The van der Waals surface area contributed by atoms with Crippen LogP contribution in [0.4, 0.5) is 0 Å². The molecule has 0 radical (unpaired) electrons. The SMILES string of the molecule is CC/C=C\C/C=C\C/C=C\C/C=C\C/C=C\CCCCCCCCOCC(COP(=O)(O)OCC(O)CO)OC(=O)CCCCCCC/C=C\C/C=C\CCCCCC. The maximum absolute atomic E-state index is 12.6. The first kappa shape index (κ1) is 56.6. The summed E-state index contributed by atoms with van der Waals surface area (Å²) in [5, 5.41) is 18.4. The number of ether oxygens (including phenoxy) is 2. The van der Waals surface area contributed by atoms with E-state index in [-0.39, 0.29) is 13.0 Å². The van der Waals surface area contributed by atoms with Gasteiger partial charge in [-0.05, 0) is 89.9 Å². The zero-order valence-corrected chi connectivity index (χ0v) is 38.1. The molecule has 10 heteroatoms. The van der Waals surface area contributed by atoms with Crippen LogP contribution in [-0.2, 0) is 27.9 Å². The molecule has 0 rings (SSSR count). The molecule has 0 amide bonds. The minimum atomic E-state index is -4.53. The molecule has 0 saturated heterocycles. The van der Waals surface area contributed by atoms with Gasteiger partial charge in [0.05, 0.1) is 26.4 Å². The lowest BCUT2D eigenvalue weighted by molar-refractivity contribution is -0.154. The number of carbonyl (C=O) groups is 1. The number of unbranched alkanes of at least 4 members (excludes halogenated alkanes) is 15. The van der Waals surface area contributed by atoms with Gasteiger partial charge in [0.2, 0.25) is 0 Å². The lowest BCUT2D eigenvalue weighted by Crippen LogP contribution is -2.29. The normalized spacial score (nSPS) is 14.7. The Labute approximate surface area is 360 Å². The molecule has 0 spiro atoms. The number of rotatable bonds is 43. The zero-order chi connectivity index (χ0) is 43.2. The molecule has 0 saturated carbocycles. The Morgan fingerprint density at radius 3 is 1.46 bits per heavy atom. The second-order valence-electron chi connectivity index (χ2n) is 15.0. The quantitative estimate of drug-likeness (QED) is 0.0237. The molecule has 0 fully saturated rings. The predicted octanol–water partition coefficient (Wildman–Crippen LogP) is 13.1. The van der Waals surface area contributed by atoms with Gasteiger partial charge in [-0.2, -0.15) is 0 Å². The highest BCUT2D eigenvalue weighted by atomic mass is 31.2. The van der Waals surface area contributed by atoms with Crippen molar-refractivity contribution < 1.29 is 43.0 Å². The third-order valence-corrected chi connectivity index (χ3v) is 10.3. The Morgan fingerprint density at radius 1 is 0.542 bits per heavy atom. The van der Waals surface area contributed by atoms with Gasteiger partial charge in [-0.25, -0.2) is 4.57 Å². The number of aliphatic hydroxyl groups excluding tert-OH is 2. The third-order valence-electron chi connectivity index (χ3n) is 9.31. The summed E-state index contributed by atoms with van der Waals surface area (Å²) in [6.07, 6.45) is 55.4. The number of allylic oxidation sites excluding steroid dienone is 14. The molecule has 0 bridgehead atoms. The molecule has 3 atom stereocenters. The lowest BCUT2D eigenvalue weighted by Gasteiger charge is -2.20. The van der Waals surface area contributed by atoms with Crippen molar-refractivity contribution in [2.45, 2.75) is 187 Å². The van der Waals surface area contributed by atoms with Gasteiger partial charge in [0, 0.05) is 13.0 Å². The Balaban J connectivity index is 4.21. The minimum Gasteiger partial charge on any atom is -0.457 e. The maximum Gasteiger partial charge on any atom is 0.472 e. The Kier molecular flexibility index (Phi) is 43.4. The van der Waals surface area contributed by atoms with Gasteiger partial charge in [-0.15, -0.1) is 0 Å². The van der Waals surface area contributed by atoms with E-state index in [0.717, 1.165) is 96.3 Å². The first-order chi connectivity index (χ1) is 28.8. The second kappa shape index (κ2) is 45.2. The van der Waals surface area contributed by atoms with Crippen molar-refractivity contribution >= 4 is 13.8 Å². The van der Waals surface area contributed by atoms with E-state index in [1.54, 1.807) is 0 Å². The number of carbonyl (C=O) groups excluding carboxylic acids is 1. The van der Waals surface area contributed by atoms with Gasteiger partial charge in [-0.3, -0.25) is 13.8 Å². The van der Waals surface area contributed by atoms with Crippen LogP contribution < -0.4 is 0 Å². The highest BCUT2D eigenvalue weighted by Crippen LogP contribution is 2.43. The van der Waals surface area contributed by atoms with Crippen LogP contribution in [0.5, 0.6) is 0 Å². The van der Waals surface area contributed by atoms with Crippen molar-refractivity contribution in [3.8, 4) is 0 Å². The van der Waals surface area contributed by atoms with Crippen LogP contribution in [0.25, 0.3) is 0 Å². The lowest BCUT2D eigenvalue weighted by atomic mass is 10.1. The molecule has 0 heterocycles. The van der Waals surface area contributed by atoms with E-state index < -0.39 is 45.8 Å². The van der Waals surface area contributed by atoms with Crippen LogP contribution in [0.2, 0.25) is 0 Å². The molecule has 0 aromatic heterocycles. The largest absolute Gasteiger partial charge is 0.472 e. The van der Waals surface area contributed by atoms with E-state index >= 15 is 0 Å². The molecular formula is C49H85O9P. The summed E-state index contributed by atoms with van der Waals surface area (Å²) in [7, 11) is -4.53. The van der Waals surface area contributed by atoms with Crippen molar-refractivity contribution in [3.63, 3.8) is 0 Å². The number of esters is 1. The standard InChI is InChI=1S/C49H85O9P/c1-3-5-7-9-11-13-15-17-19-21-22-23-24-25-26-28-30-32-34-36-38-40-42-55-45-48(46-57-59(53,54)56-44-47(51)43-50)58-49(52)41-39-37-35-33-31-29-27-20-18-16-14-12-10-8-6-4-2/h5,7,11,13-14,16-17,19-20,22-23,25-27,47-48,50-51H,3-4,6,8-10,12,15,18,21,24,28-46H2,1-2H3,(H,53,54)/b7-5-,13-11-,16-14-,19-17-,23-22-,26-25-,27-20-. The highest BCUT2D eigenvalue weighted by Gasteiger charge is 2.26. The Morgan fingerprint density at radius 2 is 0.966 bits per heavy atom. The summed E-state index contributed by atoms with van der Waals surface area (Å²) in [6, 6.07) is 0. The fraction of sp³-hybridized carbons (Fsp3) is 0.694. The first-order valence-corrected chi connectivity index (χ1v) is 24.6.